The van der Waals surface area contributed by atoms with Gasteiger partial charge < -0.3 is 15.3 Å². The molecule has 4 aromatic carbocycles. The Bertz CT molecular complexity index is 1560. The third-order valence-electron chi connectivity index (χ3n) is 6.99. The van der Waals surface area contributed by atoms with Gasteiger partial charge >= 0.3 is 5.97 Å². The molecule has 0 fully saturated rings. The Morgan fingerprint density at radius 3 is 2.26 bits per heavy atom. The highest BCUT2D eigenvalue weighted by Crippen LogP contribution is 2.33. The second-order valence-electron chi connectivity index (χ2n) is 9.93. The maximum absolute atomic E-state index is 13.5. The molecule has 0 saturated carbocycles. The molecule has 42 heavy (non-hydrogen) atoms. The van der Waals surface area contributed by atoms with Crippen LogP contribution in [0.5, 0.6) is 0 Å². The van der Waals surface area contributed by atoms with Crippen LogP contribution in [0.15, 0.2) is 97.1 Å². The minimum atomic E-state index is -1.08. The number of carboxylic acid groups (broad SMARTS) is 1. The summed E-state index contributed by atoms with van der Waals surface area (Å²) >= 11 is 1.52. The van der Waals surface area contributed by atoms with Gasteiger partial charge in [0.2, 0.25) is 0 Å². The zero-order valence-corrected chi connectivity index (χ0v) is 24.3. The fourth-order valence-corrected chi connectivity index (χ4v) is 5.32. The van der Waals surface area contributed by atoms with Crippen LogP contribution in [0, 0.1) is 17.0 Å². The summed E-state index contributed by atoms with van der Waals surface area (Å²) in [6.45, 7) is 2.73. The van der Waals surface area contributed by atoms with Crippen LogP contribution in [0.4, 0.5) is 11.4 Å². The number of nitrogens with zero attached hydrogens (tertiary/aromatic N) is 2. The lowest BCUT2D eigenvalue weighted by atomic mass is 9.93. The predicted octanol–water partition coefficient (Wildman–Crippen LogP) is 6.71. The van der Waals surface area contributed by atoms with Crippen LogP contribution >= 0.6 is 11.8 Å². The van der Waals surface area contributed by atoms with Crippen molar-refractivity contribution < 1.29 is 19.6 Å². The maximum Gasteiger partial charge on any atom is 0.326 e. The average Bonchev–Trinajstić information content (AvgIpc) is 2.99. The predicted molar refractivity (Wildman–Crippen MR) is 168 cm³/mol. The first kappa shape index (κ1) is 30.3. The maximum atomic E-state index is 13.5. The number of nitro groups is 1. The molecular formula is C33H33N3O5S. The van der Waals surface area contributed by atoms with E-state index in [4.69, 9.17) is 0 Å². The van der Waals surface area contributed by atoms with Crippen LogP contribution in [0.2, 0.25) is 0 Å². The van der Waals surface area contributed by atoms with E-state index in [0.29, 0.717) is 42.1 Å². The van der Waals surface area contributed by atoms with Gasteiger partial charge in [0.15, 0.2) is 0 Å². The molecule has 0 saturated heterocycles. The van der Waals surface area contributed by atoms with E-state index in [0.717, 1.165) is 22.3 Å². The number of aryl methyl sites for hydroxylation is 1. The van der Waals surface area contributed by atoms with Gasteiger partial charge in [0.05, 0.1) is 4.92 Å². The molecule has 2 N–H and O–H groups in total. The van der Waals surface area contributed by atoms with Gasteiger partial charge in [-0.25, -0.2) is 4.79 Å². The number of carboxylic acids is 1. The molecule has 4 rings (SSSR count). The van der Waals surface area contributed by atoms with Crippen molar-refractivity contribution in [3.8, 4) is 11.1 Å². The summed E-state index contributed by atoms with van der Waals surface area (Å²) in [6.07, 6.45) is 2.20. The molecule has 9 heteroatoms. The Morgan fingerprint density at radius 1 is 0.905 bits per heavy atom. The van der Waals surface area contributed by atoms with Gasteiger partial charge in [-0.3, -0.25) is 14.9 Å². The minimum Gasteiger partial charge on any atom is -0.480 e. The van der Waals surface area contributed by atoms with E-state index in [9.17, 15) is 24.8 Å². The number of hydrogen-bond donors (Lipinski definition) is 2. The molecular weight excluding hydrogens is 550 g/mol. The number of aliphatic carboxylic acids is 1. The second-order valence-corrected chi connectivity index (χ2v) is 10.9. The van der Waals surface area contributed by atoms with Gasteiger partial charge in [0, 0.05) is 24.7 Å². The normalized spacial score (nSPS) is 11.5. The van der Waals surface area contributed by atoms with Crippen LogP contribution in [0.25, 0.3) is 11.1 Å². The number of rotatable bonds is 13. The van der Waals surface area contributed by atoms with Crippen LogP contribution in [-0.2, 0) is 17.9 Å². The Hall–Kier alpha value is -4.63. The zero-order valence-electron chi connectivity index (χ0n) is 23.5. The molecule has 8 nitrogen and oxygen atoms in total. The van der Waals surface area contributed by atoms with Gasteiger partial charge in [0.25, 0.3) is 11.6 Å². The van der Waals surface area contributed by atoms with Crippen molar-refractivity contribution in [2.45, 2.75) is 32.5 Å². The van der Waals surface area contributed by atoms with E-state index in [-0.39, 0.29) is 10.6 Å². The lowest BCUT2D eigenvalue weighted by molar-refractivity contribution is -0.384. The van der Waals surface area contributed by atoms with Crippen molar-refractivity contribution in [3.63, 3.8) is 0 Å². The number of anilines is 1. The summed E-state index contributed by atoms with van der Waals surface area (Å²) in [5.74, 6) is -0.940. The van der Waals surface area contributed by atoms with Crippen molar-refractivity contribution in [1.29, 1.82) is 0 Å². The molecule has 1 atom stereocenters. The molecule has 0 aromatic heterocycles. The number of nitrogens with one attached hydrogen (secondary N) is 1. The summed E-state index contributed by atoms with van der Waals surface area (Å²) in [5.41, 5.74) is 5.17. The quantitative estimate of drug-likeness (QED) is 0.133. The fourth-order valence-electron chi connectivity index (χ4n) is 4.85. The van der Waals surface area contributed by atoms with E-state index >= 15 is 0 Å². The van der Waals surface area contributed by atoms with Crippen LogP contribution < -0.4 is 10.2 Å². The number of para-hydroxylation sites is 2. The van der Waals surface area contributed by atoms with Crippen molar-refractivity contribution >= 4 is 35.0 Å². The summed E-state index contributed by atoms with van der Waals surface area (Å²) in [5, 5.41) is 24.3. The summed E-state index contributed by atoms with van der Waals surface area (Å²) < 4.78 is 0. The highest BCUT2D eigenvalue weighted by atomic mass is 32.2. The topological polar surface area (TPSA) is 113 Å². The van der Waals surface area contributed by atoms with Gasteiger partial charge in [-0.2, -0.15) is 11.8 Å². The number of carbonyl (C=O) groups is 2. The van der Waals surface area contributed by atoms with Gasteiger partial charge in [-0.1, -0.05) is 72.8 Å². The van der Waals surface area contributed by atoms with Crippen molar-refractivity contribution in [2.24, 2.45) is 0 Å². The highest BCUT2D eigenvalue weighted by molar-refractivity contribution is 7.98. The molecule has 0 heterocycles. The minimum absolute atomic E-state index is 0.00788. The fraction of sp³-hybridized carbons (Fsp3) is 0.212. The molecule has 0 spiro atoms. The number of carbonyl (C=O) groups excluding carboxylic acids is 1. The largest absolute Gasteiger partial charge is 0.480 e. The van der Waals surface area contributed by atoms with E-state index in [1.165, 1.54) is 17.8 Å². The van der Waals surface area contributed by atoms with E-state index in [2.05, 4.69) is 5.32 Å². The van der Waals surface area contributed by atoms with E-state index < -0.39 is 17.9 Å². The molecule has 0 aliphatic carbocycles. The second kappa shape index (κ2) is 14.3. The molecule has 4 aromatic rings. The molecule has 0 aliphatic rings. The first-order valence-electron chi connectivity index (χ1n) is 13.5. The average molecular weight is 584 g/mol. The molecule has 0 radical (unpaired) electrons. The van der Waals surface area contributed by atoms with Crippen molar-refractivity contribution in [3.05, 3.63) is 129 Å². The first-order valence-corrected chi connectivity index (χ1v) is 14.9. The Labute approximate surface area is 249 Å². The van der Waals surface area contributed by atoms with Crippen LogP contribution in [0.1, 0.15) is 33.5 Å². The van der Waals surface area contributed by atoms with E-state index in [1.807, 2.05) is 84.8 Å². The summed E-state index contributed by atoms with van der Waals surface area (Å²) in [7, 11) is 0. The molecule has 1 amide bonds. The Balaban J connectivity index is 1.76. The lowest BCUT2D eigenvalue weighted by Gasteiger charge is -2.26. The Morgan fingerprint density at radius 2 is 1.57 bits per heavy atom. The summed E-state index contributed by atoms with van der Waals surface area (Å²) in [4.78, 5) is 38.8. The highest BCUT2D eigenvalue weighted by Gasteiger charge is 2.24. The number of hydrogen-bond acceptors (Lipinski definition) is 6. The molecule has 0 aliphatic heterocycles. The number of amides is 1. The summed E-state index contributed by atoms with van der Waals surface area (Å²) in [6, 6.07) is 28.5. The lowest BCUT2D eigenvalue weighted by Crippen LogP contribution is -2.41. The monoisotopic (exact) mass is 583 g/mol. The van der Waals surface area contributed by atoms with Gasteiger partial charge in [-0.05, 0) is 71.4 Å². The van der Waals surface area contributed by atoms with E-state index in [1.54, 1.807) is 24.3 Å². The molecule has 1 unspecified atom stereocenters. The third-order valence-corrected chi connectivity index (χ3v) is 7.63. The zero-order chi connectivity index (χ0) is 30.1. The van der Waals surface area contributed by atoms with Gasteiger partial charge in [-0.15, -0.1) is 0 Å². The number of thioether (sulfide) groups is 1. The van der Waals surface area contributed by atoms with Crippen LogP contribution in [-0.4, -0.2) is 40.0 Å². The van der Waals surface area contributed by atoms with Crippen molar-refractivity contribution in [2.75, 3.05) is 16.9 Å². The van der Waals surface area contributed by atoms with Crippen molar-refractivity contribution in [1.82, 2.24) is 5.32 Å². The molecule has 0 bridgehead atoms. The standard InChI is InChI=1S/C33H33N3O5S/c1-23-10-6-7-13-26(23)28-20-25(16-17-27(28)32(37)34-29(33(38)39)18-19-42-2)22-35(21-24-11-4-3-5-12-24)30-14-8-9-15-31(30)36(40)41/h3-17,20,29H,18-19,21-22H2,1-2H3,(H,34,37)(H,38,39). The SMILES string of the molecule is CSCCC(NC(=O)c1ccc(CN(Cc2ccccc2)c2ccccc2[N+](=O)[O-])cc1-c1ccccc1C)C(=O)O. The third kappa shape index (κ3) is 7.55. The van der Waals surface area contributed by atoms with Gasteiger partial charge in [0.1, 0.15) is 11.7 Å². The van der Waals surface area contributed by atoms with Crippen LogP contribution in [0.3, 0.4) is 0 Å². The Kier molecular flexibility index (Phi) is 10.3. The first-order chi connectivity index (χ1) is 20.3. The number of benzene rings is 4. The molecule has 216 valence electrons. The smallest absolute Gasteiger partial charge is 0.326 e. The number of nitro benzene ring substituents is 1.